The van der Waals surface area contributed by atoms with Crippen molar-refractivity contribution in [3.05, 3.63) is 70.3 Å². The molecule has 242 valence electrons. The molecule has 1 amide bonds. The fourth-order valence-electron chi connectivity index (χ4n) is 7.27. The van der Waals surface area contributed by atoms with Gasteiger partial charge in [-0.3, -0.25) is 14.3 Å². The van der Waals surface area contributed by atoms with Gasteiger partial charge in [-0.1, -0.05) is 18.2 Å². The minimum absolute atomic E-state index is 0.0587. The summed E-state index contributed by atoms with van der Waals surface area (Å²) >= 11 is 6.88. The Morgan fingerprint density at radius 3 is 2.57 bits per heavy atom. The smallest absolute Gasteiger partial charge is 0.354 e. The third kappa shape index (κ3) is 5.28. The molecule has 2 aromatic carbocycles. The number of nitrogens with zero attached hydrogens (tertiary/aromatic N) is 5. The zero-order chi connectivity index (χ0) is 32.3. The van der Waals surface area contributed by atoms with Crippen molar-refractivity contribution in [1.82, 2.24) is 19.4 Å². The predicted molar refractivity (Wildman–Crippen MR) is 173 cm³/mol. The molecule has 2 atom stereocenters. The summed E-state index contributed by atoms with van der Waals surface area (Å²) in [5.41, 5.74) is 0.904. The molecule has 0 N–H and O–H groups in total. The number of ether oxygens (including phenoxy) is 2. The summed E-state index contributed by atoms with van der Waals surface area (Å²) < 4.78 is 42.4. The number of benzene rings is 2. The van der Waals surface area contributed by atoms with Crippen LogP contribution in [0.1, 0.15) is 33.1 Å². The van der Waals surface area contributed by atoms with Gasteiger partial charge in [-0.15, -0.1) is 0 Å². The number of halogens is 3. The van der Waals surface area contributed by atoms with Gasteiger partial charge in [0.15, 0.2) is 5.75 Å². The molecule has 4 aliphatic heterocycles. The molecular formula is C34H36ClF2N5O4. The summed E-state index contributed by atoms with van der Waals surface area (Å²) in [5, 5.41) is 0.741. The topological polar surface area (TPSA) is 80.1 Å². The van der Waals surface area contributed by atoms with Gasteiger partial charge >= 0.3 is 5.69 Å². The number of aromatic nitrogens is 2. The van der Waals surface area contributed by atoms with Crippen LogP contribution < -0.4 is 15.3 Å². The second kappa shape index (κ2) is 12.1. The van der Waals surface area contributed by atoms with E-state index < -0.39 is 17.3 Å². The van der Waals surface area contributed by atoms with E-state index in [0.717, 1.165) is 51.3 Å². The van der Waals surface area contributed by atoms with Crippen LogP contribution in [0.3, 0.4) is 0 Å². The van der Waals surface area contributed by atoms with Crippen molar-refractivity contribution >= 4 is 39.9 Å². The summed E-state index contributed by atoms with van der Waals surface area (Å²) in [7, 11) is 0. The lowest BCUT2D eigenvalue weighted by molar-refractivity contribution is -0.128. The summed E-state index contributed by atoms with van der Waals surface area (Å²) in [4.78, 5) is 37.5. The van der Waals surface area contributed by atoms with E-state index in [-0.39, 0.29) is 39.9 Å². The Bertz CT molecular complexity index is 1820. The van der Waals surface area contributed by atoms with E-state index in [0.29, 0.717) is 53.9 Å². The molecule has 3 fully saturated rings. The highest BCUT2D eigenvalue weighted by atomic mass is 35.5. The highest BCUT2D eigenvalue weighted by Crippen LogP contribution is 2.48. The molecule has 0 spiro atoms. The SMILES string of the molecule is C=CC(=O)N1C[C@H](C)N(c2nc(=O)n3c4c(c(-c5ccc(F)cc5F)c(Cl)cc24)OC=C3CC2CCN(C3COC3)CC2)C[C@H]1C. The van der Waals surface area contributed by atoms with Crippen molar-refractivity contribution in [3.63, 3.8) is 0 Å². The number of allylic oxidation sites excluding steroid dienone is 1. The maximum absolute atomic E-state index is 15.2. The molecule has 12 heteroatoms. The van der Waals surface area contributed by atoms with Gasteiger partial charge in [-0.05, 0) is 76.4 Å². The number of carbonyl (C=O) groups excluding carboxylic acids is 1. The van der Waals surface area contributed by atoms with E-state index in [1.54, 1.807) is 21.8 Å². The zero-order valence-corrected chi connectivity index (χ0v) is 26.6. The average molecular weight is 652 g/mol. The molecule has 3 saturated heterocycles. The first kappa shape index (κ1) is 30.8. The van der Waals surface area contributed by atoms with E-state index in [2.05, 4.69) is 16.5 Å². The van der Waals surface area contributed by atoms with E-state index >= 15 is 4.39 Å². The van der Waals surface area contributed by atoms with Crippen molar-refractivity contribution in [1.29, 1.82) is 0 Å². The molecule has 5 heterocycles. The van der Waals surface area contributed by atoms with E-state index in [1.165, 1.54) is 12.1 Å². The first-order valence-electron chi connectivity index (χ1n) is 15.8. The van der Waals surface area contributed by atoms with Crippen LogP contribution in [-0.4, -0.2) is 82.8 Å². The normalized spacial score (nSPS) is 22.4. The minimum Gasteiger partial charge on any atom is -0.460 e. The fraction of sp³-hybridized carbons (Fsp3) is 0.441. The third-order valence-electron chi connectivity index (χ3n) is 9.86. The predicted octanol–water partition coefficient (Wildman–Crippen LogP) is 5.30. The Kier molecular flexibility index (Phi) is 8.11. The first-order chi connectivity index (χ1) is 22.1. The third-order valence-corrected chi connectivity index (χ3v) is 10.2. The minimum atomic E-state index is -0.798. The second-order valence-electron chi connectivity index (χ2n) is 12.8. The average Bonchev–Trinajstić information content (AvgIpc) is 3.00. The Hall–Kier alpha value is -3.80. The molecule has 1 aromatic heterocycles. The Balaban J connectivity index is 1.33. The molecule has 9 nitrogen and oxygen atoms in total. The first-order valence-corrected chi connectivity index (χ1v) is 16.1. The standard InChI is InChI=1S/C34H36ClF2N5O4/c1-4-29(43)40-14-20(3)41(15-19(40)2)33-26-13-27(35)30(25-6-5-22(36)12-28(25)37)32-31(26)42(34(44)38-33)23(18-46-32)11-21-7-9-39(10-8-21)24-16-45-17-24/h4-6,12-13,18-21,24H,1,7-11,14-17H2,2-3H3/t19-,20+/m1/s1. The molecule has 46 heavy (non-hydrogen) atoms. The van der Waals surface area contributed by atoms with Crippen molar-refractivity contribution in [2.45, 2.75) is 51.2 Å². The van der Waals surface area contributed by atoms with Gasteiger partial charge in [0.25, 0.3) is 0 Å². The molecule has 0 unspecified atom stereocenters. The summed E-state index contributed by atoms with van der Waals surface area (Å²) in [6, 6.07) is 5.08. The van der Waals surface area contributed by atoms with Crippen LogP contribution in [-0.2, 0) is 9.53 Å². The van der Waals surface area contributed by atoms with Gasteiger partial charge in [0.1, 0.15) is 29.2 Å². The van der Waals surface area contributed by atoms with Gasteiger partial charge in [-0.25, -0.2) is 13.6 Å². The van der Waals surface area contributed by atoms with Crippen molar-refractivity contribution in [2.75, 3.05) is 44.3 Å². The number of hydrogen-bond acceptors (Lipinski definition) is 7. The highest BCUT2D eigenvalue weighted by Gasteiger charge is 2.36. The van der Waals surface area contributed by atoms with Gasteiger partial charge < -0.3 is 19.3 Å². The molecule has 3 aromatic rings. The zero-order valence-electron chi connectivity index (χ0n) is 25.8. The number of likely N-dealkylation sites (tertiary alicyclic amines) is 1. The molecule has 0 saturated carbocycles. The van der Waals surface area contributed by atoms with Crippen LogP contribution in [0.25, 0.3) is 27.7 Å². The van der Waals surface area contributed by atoms with E-state index in [9.17, 15) is 14.0 Å². The Morgan fingerprint density at radius 1 is 1.13 bits per heavy atom. The number of piperazine rings is 1. The molecule has 0 bridgehead atoms. The van der Waals surface area contributed by atoms with Crippen molar-refractivity contribution in [3.8, 4) is 16.9 Å². The molecule has 0 radical (unpaired) electrons. The van der Waals surface area contributed by atoms with Crippen LogP contribution in [0.2, 0.25) is 5.02 Å². The molecule has 4 aliphatic rings. The van der Waals surface area contributed by atoms with Crippen LogP contribution in [0.15, 0.2) is 48.0 Å². The number of hydrogen-bond donors (Lipinski definition) is 0. The van der Waals surface area contributed by atoms with Gasteiger partial charge in [0.05, 0.1) is 30.0 Å². The number of rotatable bonds is 6. The largest absolute Gasteiger partial charge is 0.460 e. The lowest BCUT2D eigenvalue weighted by Crippen LogP contribution is -2.58. The quantitative estimate of drug-likeness (QED) is 0.335. The lowest BCUT2D eigenvalue weighted by atomic mass is 9.91. The Morgan fingerprint density at radius 2 is 1.89 bits per heavy atom. The van der Waals surface area contributed by atoms with Crippen LogP contribution in [0.4, 0.5) is 14.6 Å². The summed E-state index contributed by atoms with van der Waals surface area (Å²) in [6.07, 6.45) is 5.39. The van der Waals surface area contributed by atoms with Crippen LogP contribution in [0.5, 0.6) is 5.75 Å². The number of amides is 1. The highest BCUT2D eigenvalue weighted by molar-refractivity contribution is 6.35. The van der Waals surface area contributed by atoms with Crippen LogP contribution >= 0.6 is 11.6 Å². The fourth-order valence-corrected chi connectivity index (χ4v) is 7.56. The maximum atomic E-state index is 15.2. The molecule has 0 aliphatic carbocycles. The Labute approximate surface area is 270 Å². The summed E-state index contributed by atoms with van der Waals surface area (Å²) in [6.45, 7) is 11.8. The number of carbonyl (C=O) groups is 1. The monoisotopic (exact) mass is 651 g/mol. The number of piperidine rings is 1. The maximum Gasteiger partial charge on any atom is 0.354 e. The van der Waals surface area contributed by atoms with Gasteiger partial charge in [-0.2, -0.15) is 4.98 Å². The van der Waals surface area contributed by atoms with Crippen molar-refractivity contribution < 1.29 is 23.0 Å². The van der Waals surface area contributed by atoms with Gasteiger partial charge in [0.2, 0.25) is 5.91 Å². The van der Waals surface area contributed by atoms with Gasteiger partial charge in [0, 0.05) is 47.8 Å². The number of anilines is 1. The second-order valence-corrected chi connectivity index (χ2v) is 13.2. The molecule has 7 rings (SSSR count). The van der Waals surface area contributed by atoms with Crippen LogP contribution in [0, 0.1) is 17.6 Å². The van der Waals surface area contributed by atoms with E-state index in [1.807, 2.05) is 18.7 Å². The lowest BCUT2D eigenvalue weighted by Gasteiger charge is -2.44. The van der Waals surface area contributed by atoms with Crippen molar-refractivity contribution in [2.24, 2.45) is 5.92 Å². The summed E-state index contributed by atoms with van der Waals surface area (Å²) in [5.74, 6) is -0.727. The molecular weight excluding hydrogens is 616 g/mol. The van der Waals surface area contributed by atoms with E-state index in [4.69, 9.17) is 21.1 Å².